The molecule has 0 unspecified atom stereocenters. The molecule has 0 aromatic heterocycles. The fraction of sp³-hybridized carbons (Fsp3) is 0.0556. The lowest BCUT2D eigenvalue weighted by Gasteiger charge is -2.17. The number of carbonyl (C=O) groups excluding carboxylic acids is 3. The van der Waals surface area contributed by atoms with Gasteiger partial charge < -0.3 is 0 Å². The van der Waals surface area contributed by atoms with E-state index in [0.717, 1.165) is 5.01 Å². The predicted molar refractivity (Wildman–Crippen MR) is 86.3 cm³/mol. The highest BCUT2D eigenvalue weighted by molar-refractivity contribution is 6.04. The Bertz CT molecular complexity index is 724. The lowest BCUT2D eigenvalue weighted by atomic mass is 10.1. The van der Waals surface area contributed by atoms with Crippen LogP contribution in [0.25, 0.3) is 0 Å². The van der Waals surface area contributed by atoms with E-state index in [1.807, 2.05) is 6.07 Å². The molecule has 0 saturated carbocycles. The first-order valence-electron chi connectivity index (χ1n) is 7.01. The average Bonchev–Trinajstić information content (AvgIpc) is 2.59. The van der Waals surface area contributed by atoms with Crippen molar-refractivity contribution >= 4 is 17.6 Å². The van der Waals surface area contributed by atoms with Crippen LogP contribution in [-0.4, -0.2) is 22.6 Å². The molecule has 0 bridgehead atoms. The fourth-order valence-electron chi connectivity index (χ4n) is 1.83. The van der Waals surface area contributed by atoms with E-state index in [0.29, 0.717) is 11.1 Å². The van der Waals surface area contributed by atoms with Crippen LogP contribution in [0.3, 0.4) is 0 Å². The molecule has 5 nitrogen and oxygen atoms in total. The number of benzene rings is 2. The molecule has 2 rings (SSSR count). The summed E-state index contributed by atoms with van der Waals surface area (Å²) in [7, 11) is 0. The molecular formula is C18H16N2O3. The average molecular weight is 308 g/mol. The van der Waals surface area contributed by atoms with Crippen molar-refractivity contribution in [3.05, 3.63) is 84.1 Å². The summed E-state index contributed by atoms with van der Waals surface area (Å²) in [6.45, 7) is 1.29. The minimum atomic E-state index is -0.433. The maximum Gasteiger partial charge on any atom is 0.270 e. The highest BCUT2D eigenvalue weighted by Gasteiger charge is 2.12. The van der Waals surface area contributed by atoms with Crippen LogP contribution in [-0.2, 0) is 4.79 Å². The Morgan fingerprint density at radius 3 is 1.91 bits per heavy atom. The van der Waals surface area contributed by atoms with Gasteiger partial charge in [0.15, 0.2) is 5.78 Å². The topological polar surface area (TPSA) is 66.5 Å². The SMILES string of the molecule is CC(=O)N(/C=C/C(=O)c1ccccc1)NC(=O)c1ccccc1. The molecule has 116 valence electrons. The second kappa shape index (κ2) is 7.70. The molecule has 2 aromatic carbocycles. The monoisotopic (exact) mass is 308 g/mol. The summed E-state index contributed by atoms with van der Waals surface area (Å²) in [6, 6.07) is 17.2. The lowest BCUT2D eigenvalue weighted by molar-refractivity contribution is -0.128. The molecule has 23 heavy (non-hydrogen) atoms. The molecule has 1 N–H and O–H groups in total. The van der Waals surface area contributed by atoms with E-state index < -0.39 is 11.8 Å². The quantitative estimate of drug-likeness (QED) is 0.536. The van der Waals surface area contributed by atoms with Crippen LogP contribution in [0.2, 0.25) is 0 Å². The number of amides is 2. The van der Waals surface area contributed by atoms with Gasteiger partial charge in [0.1, 0.15) is 0 Å². The standard InChI is InChI=1S/C18H16N2O3/c1-14(21)20(19-18(23)16-10-6-3-7-11-16)13-12-17(22)15-8-4-2-5-9-15/h2-13H,1H3,(H,19,23)/b13-12+. The Morgan fingerprint density at radius 2 is 1.39 bits per heavy atom. The van der Waals surface area contributed by atoms with Crippen molar-refractivity contribution in [1.82, 2.24) is 10.4 Å². The Kier molecular flexibility index (Phi) is 5.41. The Labute approximate surface area is 134 Å². The number of ketones is 1. The fourth-order valence-corrected chi connectivity index (χ4v) is 1.83. The van der Waals surface area contributed by atoms with Gasteiger partial charge in [-0.15, -0.1) is 0 Å². The third-order valence-corrected chi connectivity index (χ3v) is 3.03. The maximum atomic E-state index is 12.1. The second-order valence-corrected chi connectivity index (χ2v) is 4.74. The molecule has 0 fully saturated rings. The summed E-state index contributed by atoms with van der Waals surface area (Å²) in [6.07, 6.45) is 2.49. The zero-order valence-electron chi connectivity index (χ0n) is 12.6. The van der Waals surface area contributed by atoms with E-state index in [4.69, 9.17) is 0 Å². The van der Waals surface area contributed by atoms with Gasteiger partial charge in [-0.05, 0) is 12.1 Å². The first kappa shape index (κ1) is 16.2. The summed E-state index contributed by atoms with van der Waals surface area (Å²) < 4.78 is 0. The van der Waals surface area contributed by atoms with Gasteiger partial charge in [-0.25, -0.2) is 5.01 Å². The summed E-state index contributed by atoms with van der Waals surface area (Å²) in [5, 5.41) is 0.982. The van der Waals surface area contributed by atoms with Gasteiger partial charge >= 0.3 is 0 Å². The Morgan fingerprint density at radius 1 is 0.870 bits per heavy atom. The molecule has 0 aliphatic carbocycles. The summed E-state index contributed by atoms with van der Waals surface area (Å²) in [5.74, 6) is -1.10. The van der Waals surface area contributed by atoms with Crippen LogP contribution >= 0.6 is 0 Å². The van der Waals surface area contributed by atoms with Gasteiger partial charge in [0, 0.05) is 30.3 Å². The number of carbonyl (C=O) groups is 3. The summed E-state index contributed by atoms with van der Waals surface area (Å²) in [4.78, 5) is 35.6. The van der Waals surface area contributed by atoms with Crippen LogP contribution in [0.1, 0.15) is 27.6 Å². The molecule has 0 heterocycles. The minimum absolute atomic E-state index is 0.259. The van der Waals surface area contributed by atoms with Crippen LogP contribution in [0, 0.1) is 0 Å². The molecule has 0 radical (unpaired) electrons. The number of hydrogen-bond acceptors (Lipinski definition) is 3. The lowest BCUT2D eigenvalue weighted by Crippen LogP contribution is -2.41. The first-order chi connectivity index (χ1) is 11.1. The van der Waals surface area contributed by atoms with Gasteiger partial charge in [-0.2, -0.15) is 0 Å². The Hall–Kier alpha value is -3.21. The van der Waals surface area contributed by atoms with Gasteiger partial charge in [-0.1, -0.05) is 48.5 Å². The van der Waals surface area contributed by atoms with Crippen LogP contribution < -0.4 is 5.43 Å². The van der Waals surface area contributed by atoms with Crippen molar-refractivity contribution < 1.29 is 14.4 Å². The van der Waals surface area contributed by atoms with Crippen molar-refractivity contribution in [3.8, 4) is 0 Å². The maximum absolute atomic E-state index is 12.1. The summed E-state index contributed by atoms with van der Waals surface area (Å²) in [5.41, 5.74) is 3.37. The highest BCUT2D eigenvalue weighted by atomic mass is 16.2. The predicted octanol–water partition coefficient (Wildman–Crippen LogP) is 2.58. The number of allylic oxidation sites excluding steroid dienone is 1. The molecule has 0 spiro atoms. The second-order valence-electron chi connectivity index (χ2n) is 4.74. The van der Waals surface area contributed by atoms with Crippen molar-refractivity contribution in [1.29, 1.82) is 0 Å². The van der Waals surface area contributed by atoms with E-state index >= 15 is 0 Å². The number of hydrogen-bond donors (Lipinski definition) is 1. The van der Waals surface area contributed by atoms with Gasteiger partial charge in [-0.3, -0.25) is 19.8 Å². The van der Waals surface area contributed by atoms with E-state index in [1.54, 1.807) is 54.6 Å². The van der Waals surface area contributed by atoms with Crippen molar-refractivity contribution in [2.24, 2.45) is 0 Å². The Balaban J connectivity index is 2.07. The number of hydrazine groups is 1. The van der Waals surface area contributed by atoms with E-state index in [1.165, 1.54) is 19.2 Å². The smallest absolute Gasteiger partial charge is 0.270 e. The van der Waals surface area contributed by atoms with E-state index in [2.05, 4.69) is 5.43 Å². The van der Waals surface area contributed by atoms with Crippen molar-refractivity contribution in [2.45, 2.75) is 6.92 Å². The van der Waals surface area contributed by atoms with Crippen LogP contribution in [0.4, 0.5) is 0 Å². The third-order valence-electron chi connectivity index (χ3n) is 3.03. The normalized spacial score (nSPS) is 10.3. The molecular weight excluding hydrogens is 292 g/mol. The molecule has 2 aromatic rings. The minimum Gasteiger partial charge on any atom is -0.289 e. The summed E-state index contributed by atoms with van der Waals surface area (Å²) >= 11 is 0. The van der Waals surface area contributed by atoms with Gasteiger partial charge in [0.25, 0.3) is 5.91 Å². The zero-order chi connectivity index (χ0) is 16.7. The van der Waals surface area contributed by atoms with Crippen LogP contribution in [0.5, 0.6) is 0 Å². The molecule has 5 heteroatoms. The first-order valence-corrected chi connectivity index (χ1v) is 7.01. The molecule has 2 amide bonds. The number of nitrogens with one attached hydrogen (secondary N) is 1. The molecule has 0 aliphatic heterocycles. The highest BCUT2D eigenvalue weighted by Crippen LogP contribution is 2.02. The van der Waals surface area contributed by atoms with E-state index in [9.17, 15) is 14.4 Å². The molecule has 0 saturated heterocycles. The molecule has 0 atom stereocenters. The van der Waals surface area contributed by atoms with E-state index in [-0.39, 0.29) is 5.78 Å². The molecule has 0 aliphatic rings. The largest absolute Gasteiger partial charge is 0.289 e. The zero-order valence-corrected chi connectivity index (χ0v) is 12.6. The van der Waals surface area contributed by atoms with Gasteiger partial charge in [0.05, 0.1) is 0 Å². The van der Waals surface area contributed by atoms with Crippen molar-refractivity contribution in [2.75, 3.05) is 0 Å². The number of nitrogens with zero attached hydrogens (tertiary/aromatic N) is 1. The van der Waals surface area contributed by atoms with Gasteiger partial charge in [0.2, 0.25) is 5.91 Å². The number of rotatable bonds is 4. The van der Waals surface area contributed by atoms with Crippen molar-refractivity contribution in [3.63, 3.8) is 0 Å². The van der Waals surface area contributed by atoms with Crippen LogP contribution in [0.15, 0.2) is 72.9 Å². The third kappa shape index (κ3) is 4.64.